The number of carbonyl (C=O) groups excluding carboxylic acids is 1. The minimum absolute atomic E-state index is 0.0845. The van der Waals surface area contributed by atoms with Gasteiger partial charge in [0.05, 0.1) is 6.33 Å². The first-order chi connectivity index (χ1) is 11.8. The van der Waals surface area contributed by atoms with Crippen LogP contribution in [0.4, 0.5) is 4.79 Å². The number of aryl methyl sites for hydroxylation is 1. The van der Waals surface area contributed by atoms with E-state index in [-0.39, 0.29) is 6.03 Å². The molecule has 1 aromatic carbocycles. The average molecular weight is 326 g/mol. The van der Waals surface area contributed by atoms with E-state index in [1.54, 1.807) is 6.20 Å². The van der Waals surface area contributed by atoms with E-state index in [4.69, 9.17) is 0 Å². The zero-order chi connectivity index (χ0) is 16.6. The summed E-state index contributed by atoms with van der Waals surface area (Å²) in [5.41, 5.74) is 1.26. The largest absolute Gasteiger partial charge is 0.338 e. The van der Waals surface area contributed by atoms with Gasteiger partial charge < -0.3 is 14.8 Å². The lowest BCUT2D eigenvalue weighted by atomic mass is 10.00. The minimum Gasteiger partial charge on any atom is -0.338 e. The molecular weight excluding hydrogens is 300 g/mol. The Labute approximate surface area is 143 Å². The fraction of sp³-hybridized carbons (Fsp3) is 0.474. The first-order valence-corrected chi connectivity index (χ1v) is 8.87. The van der Waals surface area contributed by atoms with Crippen LogP contribution in [0, 0.1) is 0 Å². The van der Waals surface area contributed by atoms with Gasteiger partial charge in [-0.25, -0.2) is 9.78 Å². The predicted octanol–water partition coefficient (Wildman–Crippen LogP) is 3.08. The van der Waals surface area contributed by atoms with E-state index in [2.05, 4.69) is 27.0 Å². The quantitative estimate of drug-likeness (QED) is 0.887. The van der Waals surface area contributed by atoms with Gasteiger partial charge in [0.15, 0.2) is 0 Å². The first-order valence-electron chi connectivity index (χ1n) is 8.87. The molecule has 5 nitrogen and oxygen atoms in total. The Morgan fingerprint density at radius 2 is 2.12 bits per heavy atom. The number of piperidine rings is 1. The van der Waals surface area contributed by atoms with Crippen LogP contribution in [0.25, 0.3) is 0 Å². The van der Waals surface area contributed by atoms with Crippen molar-refractivity contribution < 1.29 is 4.79 Å². The number of nitrogens with one attached hydrogen (secondary N) is 1. The molecule has 0 radical (unpaired) electrons. The topological polar surface area (TPSA) is 50.2 Å². The number of imidazole rings is 1. The van der Waals surface area contributed by atoms with Gasteiger partial charge in [-0.15, -0.1) is 0 Å². The number of carbonyl (C=O) groups is 1. The van der Waals surface area contributed by atoms with Crippen LogP contribution in [0.5, 0.6) is 0 Å². The smallest absolute Gasteiger partial charge is 0.317 e. The number of aromatic nitrogens is 2. The van der Waals surface area contributed by atoms with Gasteiger partial charge in [0.2, 0.25) is 0 Å². The summed E-state index contributed by atoms with van der Waals surface area (Å²) in [6.45, 7) is 2.47. The Hall–Kier alpha value is -2.30. The van der Waals surface area contributed by atoms with Crippen LogP contribution in [0.2, 0.25) is 0 Å². The van der Waals surface area contributed by atoms with Crippen molar-refractivity contribution in [1.29, 1.82) is 0 Å². The van der Waals surface area contributed by atoms with Crippen molar-refractivity contribution in [2.45, 2.75) is 44.7 Å². The lowest BCUT2D eigenvalue weighted by molar-refractivity contribution is 0.144. The van der Waals surface area contributed by atoms with Crippen molar-refractivity contribution in [3.05, 3.63) is 54.6 Å². The highest BCUT2D eigenvalue weighted by Gasteiger charge is 2.26. The van der Waals surface area contributed by atoms with Crippen LogP contribution in [-0.2, 0) is 13.0 Å². The molecule has 1 aliphatic heterocycles. The average Bonchev–Trinajstić information content (AvgIpc) is 3.14. The third-order valence-corrected chi connectivity index (χ3v) is 4.70. The van der Waals surface area contributed by atoms with Gasteiger partial charge >= 0.3 is 6.03 Å². The van der Waals surface area contributed by atoms with E-state index in [9.17, 15) is 4.79 Å². The molecule has 5 heteroatoms. The Morgan fingerprint density at radius 3 is 2.92 bits per heavy atom. The normalized spacial score (nSPS) is 17.7. The summed E-state index contributed by atoms with van der Waals surface area (Å²) in [6, 6.07) is 10.7. The molecule has 1 aliphatic rings. The maximum atomic E-state index is 12.6. The van der Waals surface area contributed by atoms with E-state index >= 15 is 0 Å². The summed E-state index contributed by atoms with van der Waals surface area (Å²) in [6.07, 6.45) is 10.9. The van der Waals surface area contributed by atoms with E-state index in [0.717, 1.165) is 38.8 Å². The summed E-state index contributed by atoms with van der Waals surface area (Å²) in [5, 5.41) is 3.09. The number of hydrogen-bond acceptors (Lipinski definition) is 2. The second-order valence-corrected chi connectivity index (χ2v) is 6.40. The van der Waals surface area contributed by atoms with Crippen molar-refractivity contribution in [3.63, 3.8) is 0 Å². The van der Waals surface area contributed by atoms with E-state index in [0.29, 0.717) is 12.6 Å². The molecule has 1 atom stereocenters. The van der Waals surface area contributed by atoms with Crippen molar-refractivity contribution >= 4 is 6.03 Å². The number of nitrogens with zero attached hydrogens (tertiary/aromatic N) is 3. The van der Waals surface area contributed by atoms with Gasteiger partial charge in [0.25, 0.3) is 0 Å². The van der Waals surface area contributed by atoms with Crippen LogP contribution in [-0.4, -0.2) is 39.6 Å². The second-order valence-electron chi connectivity index (χ2n) is 6.40. The van der Waals surface area contributed by atoms with Gasteiger partial charge in [0.1, 0.15) is 0 Å². The van der Waals surface area contributed by atoms with E-state index in [1.807, 2.05) is 35.6 Å². The highest BCUT2D eigenvalue weighted by molar-refractivity contribution is 5.74. The lowest BCUT2D eigenvalue weighted by Gasteiger charge is -2.36. The second kappa shape index (κ2) is 8.52. The standard InChI is InChI=1S/C19H26N4O/c24-19(21-11-9-17-6-2-1-3-7-17)23-13-5-4-8-18(23)10-14-22-15-12-20-16-22/h1-3,6-7,12,15-16,18H,4-5,8-11,13-14H2,(H,21,24). The van der Waals surface area contributed by atoms with Gasteiger partial charge in [-0.3, -0.25) is 0 Å². The molecule has 24 heavy (non-hydrogen) atoms. The maximum Gasteiger partial charge on any atom is 0.317 e. The summed E-state index contributed by atoms with van der Waals surface area (Å²) in [4.78, 5) is 18.7. The molecule has 1 aromatic heterocycles. The SMILES string of the molecule is O=C(NCCc1ccccc1)N1CCCCC1CCn1ccnc1. The van der Waals surface area contributed by atoms with Crippen LogP contribution in [0.15, 0.2) is 49.1 Å². The predicted molar refractivity (Wildman–Crippen MR) is 94.7 cm³/mol. The van der Waals surface area contributed by atoms with Crippen molar-refractivity contribution in [2.75, 3.05) is 13.1 Å². The molecule has 2 aromatic rings. The van der Waals surface area contributed by atoms with E-state index in [1.165, 1.54) is 12.0 Å². The molecule has 1 unspecified atom stereocenters. The molecular formula is C19H26N4O. The maximum absolute atomic E-state index is 12.6. The Balaban J connectivity index is 1.47. The fourth-order valence-electron chi connectivity index (χ4n) is 3.35. The molecule has 0 bridgehead atoms. The van der Waals surface area contributed by atoms with Crippen molar-refractivity contribution in [1.82, 2.24) is 19.8 Å². The zero-order valence-corrected chi connectivity index (χ0v) is 14.1. The number of likely N-dealkylation sites (tertiary alicyclic amines) is 1. The van der Waals surface area contributed by atoms with Crippen LogP contribution < -0.4 is 5.32 Å². The van der Waals surface area contributed by atoms with Gasteiger partial charge in [0, 0.05) is 38.1 Å². The molecule has 0 spiro atoms. The molecule has 2 amide bonds. The number of hydrogen-bond donors (Lipinski definition) is 1. The molecule has 128 valence electrons. The van der Waals surface area contributed by atoms with Gasteiger partial charge in [-0.05, 0) is 37.7 Å². The number of benzene rings is 1. The van der Waals surface area contributed by atoms with Gasteiger partial charge in [-0.2, -0.15) is 0 Å². The number of rotatable bonds is 6. The molecule has 3 rings (SSSR count). The third-order valence-electron chi connectivity index (χ3n) is 4.70. The minimum atomic E-state index is 0.0845. The summed E-state index contributed by atoms with van der Waals surface area (Å²) >= 11 is 0. The van der Waals surface area contributed by atoms with Crippen LogP contribution in [0.1, 0.15) is 31.2 Å². The molecule has 2 heterocycles. The lowest BCUT2D eigenvalue weighted by Crippen LogP contribution is -2.49. The van der Waals surface area contributed by atoms with Gasteiger partial charge in [-0.1, -0.05) is 30.3 Å². The summed E-state index contributed by atoms with van der Waals surface area (Å²) in [5.74, 6) is 0. The van der Waals surface area contributed by atoms with Crippen molar-refractivity contribution in [3.8, 4) is 0 Å². The fourth-order valence-corrected chi connectivity index (χ4v) is 3.35. The van der Waals surface area contributed by atoms with E-state index < -0.39 is 0 Å². The molecule has 1 fully saturated rings. The highest BCUT2D eigenvalue weighted by Crippen LogP contribution is 2.20. The third kappa shape index (κ3) is 4.60. The summed E-state index contributed by atoms with van der Waals surface area (Å²) in [7, 11) is 0. The Bertz CT molecular complexity index is 612. The molecule has 0 saturated carbocycles. The number of amides is 2. The molecule has 1 N–H and O–H groups in total. The first kappa shape index (κ1) is 16.6. The molecule has 1 saturated heterocycles. The Kier molecular flexibility index (Phi) is 5.88. The summed E-state index contributed by atoms with van der Waals surface area (Å²) < 4.78 is 2.08. The number of urea groups is 1. The van der Waals surface area contributed by atoms with Crippen molar-refractivity contribution in [2.24, 2.45) is 0 Å². The zero-order valence-electron chi connectivity index (χ0n) is 14.1. The molecule has 0 aliphatic carbocycles. The highest BCUT2D eigenvalue weighted by atomic mass is 16.2. The van der Waals surface area contributed by atoms with Crippen LogP contribution >= 0.6 is 0 Å². The monoisotopic (exact) mass is 326 g/mol. The van der Waals surface area contributed by atoms with Crippen LogP contribution in [0.3, 0.4) is 0 Å². The Morgan fingerprint density at radius 1 is 1.25 bits per heavy atom.